The average Bonchev–Trinajstić information content (AvgIpc) is 2.67. The smallest absolute Gasteiger partial charge is 0.377 e. The van der Waals surface area contributed by atoms with E-state index < -0.39 is 67.0 Å². The summed E-state index contributed by atoms with van der Waals surface area (Å²) >= 11 is 0. The highest BCUT2D eigenvalue weighted by molar-refractivity contribution is 5.86. The molecule has 4 aliphatic carbocycles. The van der Waals surface area contributed by atoms with Crippen molar-refractivity contribution in [2.45, 2.75) is 83.5 Å². The third kappa shape index (κ3) is 5.63. The number of halogens is 4. The molecule has 1 unspecified atom stereocenters. The van der Waals surface area contributed by atoms with E-state index in [4.69, 9.17) is 4.74 Å². The maximum absolute atomic E-state index is 14.5. The molecule has 4 bridgehead atoms. The van der Waals surface area contributed by atoms with Gasteiger partial charge in [-0.25, -0.2) is 13.6 Å². The van der Waals surface area contributed by atoms with Crippen molar-refractivity contribution in [3.63, 3.8) is 0 Å². The topological polar surface area (TPSA) is 69.7 Å². The van der Waals surface area contributed by atoms with Crippen molar-refractivity contribution in [3.8, 4) is 0 Å². The molecule has 4 aliphatic rings. The van der Waals surface area contributed by atoms with Crippen LogP contribution < -0.4 is 0 Å². The molecule has 0 spiro atoms. The first-order chi connectivity index (χ1) is 14.9. The predicted octanol–water partition coefficient (Wildman–Crippen LogP) is 4.96. The summed E-state index contributed by atoms with van der Waals surface area (Å²) in [4.78, 5) is 36.0. The normalized spacial score (nSPS) is 30.1. The first-order valence-corrected chi connectivity index (χ1v) is 11.5. The molecular weight excluding hydrogens is 432 g/mol. The number of ether oxygens (including phenoxy) is 2. The van der Waals surface area contributed by atoms with E-state index in [9.17, 15) is 31.9 Å². The Labute approximate surface area is 185 Å². The molecule has 0 aromatic rings. The summed E-state index contributed by atoms with van der Waals surface area (Å²) in [6.07, 6.45) is 1.95. The standard InChI is InChI=1S/C23H32F4O5/c1-3-14(2)19(29)31-4-5-32-20(30)23(26,27)13-22(24,25)12-18(28)21-9-15-6-16(10-21)8-17(7-15)11-21/h14-17H,3-13H2,1-2H3. The number of hydrogen-bond donors (Lipinski definition) is 0. The van der Waals surface area contributed by atoms with Crippen LogP contribution in [0.25, 0.3) is 0 Å². The zero-order valence-electron chi connectivity index (χ0n) is 18.6. The Kier molecular flexibility index (Phi) is 7.25. The predicted molar refractivity (Wildman–Crippen MR) is 106 cm³/mol. The molecule has 0 aromatic heterocycles. The van der Waals surface area contributed by atoms with Crippen LogP contribution in [0.2, 0.25) is 0 Å². The molecule has 32 heavy (non-hydrogen) atoms. The molecule has 4 saturated carbocycles. The van der Waals surface area contributed by atoms with Gasteiger partial charge in [-0.2, -0.15) is 8.78 Å². The van der Waals surface area contributed by atoms with E-state index in [2.05, 4.69) is 4.74 Å². The van der Waals surface area contributed by atoms with Gasteiger partial charge in [0.2, 0.25) is 0 Å². The number of carbonyl (C=O) groups is 3. The molecule has 0 aliphatic heterocycles. The first kappa shape index (κ1) is 25.0. The van der Waals surface area contributed by atoms with E-state index >= 15 is 0 Å². The van der Waals surface area contributed by atoms with Crippen molar-refractivity contribution >= 4 is 17.7 Å². The molecule has 4 fully saturated rings. The van der Waals surface area contributed by atoms with Gasteiger partial charge in [0, 0.05) is 5.41 Å². The van der Waals surface area contributed by atoms with Crippen LogP contribution in [0.1, 0.15) is 71.6 Å². The van der Waals surface area contributed by atoms with E-state index in [1.165, 1.54) is 0 Å². The van der Waals surface area contributed by atoms with Crippen molar-refractivity contribution in [2.75, 3.05) is 13.2 Å². The van der Waals surface area contributed by atoms with Crippen molar-refractivity contribution in [1.82, 2.24) is 0 Å². The summed E-state index contributed by atoms with van der Waals surface area (Å²) in [5.41, 5.74) is -0.812. The molecule has 0 amide bonds. The average molecular weight is 464 g/mol. The Morgan fingerprint density at radius 1 is 0.938 bits per heavy atom. The summed E-state index contributed by atoms with van der Waals surface area (Å²) < 4.78 is 66.3. The van der Waals surface area contributed by atoms with Gasteiger partial charge in [-0.3, -0.25) is 9.59 Å². The van der Waals surface area contributed by atoms with Gasteiger partial charge in [0.25, 0.3) is 5.92 Å². The van der Waals surface area contributed by atoms with Crippen molar-refractivity contribution in [3.05, 3.63) is 0 Å². The second-order valence-corrected chi connectivity index (χ2v) is 10.1. The molecule has 0 aromatic carbocycles. The van der Waals surface area contributed by atoms with Gasteiger partial charge < -0.3 is 9.47 Å². The third-order valence-corrected chi connectivity index (χ3v) is 7.40. The Morgan fingerprint density at radius 2 is 1.44 bits per heavy atom. The number of alkyl halides is 4. The van der Waals surface area contributed by atoms with Gasteiger partial charge in [0.05, 0.1) is 18.8 Å². The molecule has 0 saturated heterocycles. The minimum absolute atomic E-state index is 0.365. The van der Waals surface area contributed by atoms with Gasteiger partial charge in [0.15, 0.2) is 0 Å². The molecule has 5 nitrogen and oxygen atoms in total. The van der Waals surface area contributed by atoms with Crippen molar-refractivity contribution in [2.24, 2.45) is 29.1 Å². The summed E-state index contributed by atoms with van der Waals surface area (Å²) in [6, 6.07) is 0. The number of esters is 2. The lowest BCUT2D eigenvalue weighted by Gasteiger charge is -2.56. The third-order valence-electron chi connectivity index (χ3n) is 7.40. The number of Topliss-reactive ketones (excluding diaryl/α,β-unsaturated/α-hetero) is 1. The van der Waals surface area contributed by atoms with Gasteiger partial charge in [-0.15, -0.1) is 0 Å². The SMILES string of the molecule is CCC(C)C(=O)OCCOC(=O)C(F)(F)CC(F)(F)CC(=O)C12CC3CC(CC(C3)C1)C2. The van der Waals surface area contributed by atoms with Crippen LogP contribution >= 0.6 is 0 Å². The Bertz CT molecular complexity index is 701. The molecular formula is C23H32F4O5. The van der Waals surface area contributed by atoms with Crippen LogP contribution in [0, 0.1) is 29.1 Å². The first-order valence-electron chi connectivity index (χ1n) is 11.5. The molecule has 1 atom stereocenters. The number of carbonyl (C=O) groups excluding carboxylic acids is 3. The summed E-state index contributed by atoms with van der Waals surface area (Å²) in [5, 5.41) is 0. The fraction of sp³-hybridized carbons (Fsp3) is 0.870. The molecule has 0 N–H and O–H groups in total. The Morgan fingerprint density at radius 3 is 1.94 bits per heavy atom. The minimum Gasteiger partial charge on any atom is -0.462 e. The van der Waals surface area contributed by atoms with Crippen LogP contribution in [-0.2, 0) is 23.9 Å². The van der Waals surface area contributed by atoms with E-state index in [0.717, 1.165) is 19.3 Å². The number of hydrogen-bond acceptors (Lipinski definition) is 5. The van der Waals surface area contributed by atoms with Crippen LogP contribution in [0.5, 0.6) is 0 Å². The maximum atomic E-state index is 14.5. The summed E-state index contributed by atoms with van der Waals surface area (Å²) in [5.74, 6) is -11.1. The largest absolute Gasteiger partial charge is 0.462 e. The van der Waals surface area contributed by atoms with Gasteiger partial charge >= 0.3 is 17.9 Å². The Balaban J connectivity index is 1.49. The van der Waals surface area contributed by atoms with E-state index in [1.807, 2.05) is 0 Å². The lowest BCUT2D eigenvalue weighted by molar-refractivity contribution is -0.188. The highest BCUT2D eigenvalue weighted by Crippen LogP contribution is 2.61. The fourth-order valence-electron chi connectivity index (χ4n) is 6.03. The quantitative estimate of drug-likeness (QED) is 0.246. The lowest BCUT2D eigenvalue weighted by Crippen LogP contribution is -2.51. The van der Waals surface area contributed by atoms with Gasteiger partial charge in [-0.05, 0) is 62.7 Å². The molecule has 0 radical (unpaired) electrons. The molecule has 4 rings (SSSR count). The van der Waals surface area contributed by atoms with Crippen LogP contribution in [0.15, 0.2) is 0 Å². The maximum Gasteiger partial charge on any atom is 0.377 e. The second kappa shape index (κ2) is 9.29. The van der Waals surface area contributed by atoms with Gasteiger partial charge in [0.1, 0.15) is 19.0 Å². The van der Waals surface area contributed by atoms with Crippen LogP contribution in [0.4, 0.5) is 17.6 Å². The van der Waals surface area contributed by atoms with E-state index in [-0.39, 0.29) is 0 Å². The summed E-state index contributed by atoms with van der Waals surface area (Å²) in [6.45, 7) is 2.29. The molecule has 9 heteroatoms. The van der Waals surface area contributed by atoms with Crippen LogP contribution in [-0.4, -0.2) is 42.8 Å². The minimum atomic E-state index is -4.45. The monoisotopic (exact) mass is 464 g/mol. The van der Waals surface area contributed by atoms with Crippen LogP contribution in [0.3, 0.4) is 0 Å². The van der Waals surface area contributed by atoms with E-state index in [1.54, 1.807) is 13.8 Å². The fourth-order valence-corrected chi connectivity index (χ4v) is 6.03. The number of ketones is 1. The summed E-state index contributed by atoms with van der Waals surface area (Å²) in [7, 11) is 0. The zero-order valence-corrected chi connectivity index (χ0v) is 18.6. The second-order valence-electron chi connectivity index (χ2n) is 10.1. The highest BCUT2D eigenvalue weighted by Gasteiger charge is 2.57. The highest BCUT2D eigenvalue weighted by atomic mass is 19.3. The lowest BCUT2D eigenvalue weighted by atomic mass is 9.48. The van der Waals surface area contributed by atoms with Gasteiger partial charge in [-0.1, -0.05) is 13.8 Å². The van der Waals surface area contributed by atoms with E-state index in [0.29, 0.717) is 43.4 Å². The zero-order chi connectivity index (χ0) is 23.7. The molecule has 182 valence electrons. The van der Waals surface area contributed by atoms with Crippen molar-refractivity contribution in [1.29, 1.82) is 0 Å². The van der Waals surface area contributed by atoms with Crippen molar-refractivity contribution < 1.29 is 41.4 Å². The Hall–Kier alpha value is -1.67. The number of rotatable bonds is 11. The molecule has 0 heterocycles.